The number of benzene rings is 2. The number of carbonyl (C=O) groups is 1. The second-order valence-corrected chi connectivity index (χ2v) is 7.30. The van der Waals surface area contributed by atoms with E-state index in [-0.39, 0.29) is 12.5 Å². The van der Waals surface area contributed by atoms with Gasteiger partial charge in [-0.05, 0) is 62.5 Å². The maximum Gasteiger partial charge on any atom is 0.262 e. The molecule has 1 amide bonds. The number of thiocarbonyl (C=S) groups is 1. The number of hydrogen-bond acceptors (Lipinski definition) is 5. The monoisotopic (exact) mass is 413 g/mol. The number of anilines is 1. The zero-order valence-corrected chi connectivity index (χ0v) is 17.7. The van der Waals surface area contributed by atoms with Crippen molar-refractivity contribution in [3.8, 4) is 11.5 Å². The highest BCUT2D eigenvalue weighted by Crippen LogP contribution is 2.17. The van der Waals surface area contributed by atoms with E-state index >= 15 is 0 Å². The molecule has 6 nitrogen and oxygen atoms in total. The SMILES string of the molecule is CCOc1ccc(NC(=O)COc2ccc(C(=S)N3CCN(C)CC3)cc2)cc1. The van der Waals surface area contributed by atoms with E-state index in [0.29, 0.717) is 18.0 Å². The summed E-state index contributed by atoms with van der Waals surface area (Å²) in [5.41, 5.74) is 1.70. The van der Waals surface area contributed by atoms with E-state index in [0.717, 1.165) is 42.5 Å². The Morgan fingerprint density at radius 3 is 2.17 bits per heavy atom. The molecule has 7 heteroatoms. The van der Waals surface area contributed by atoms with Crippen LogP contribution < -0.4 is 14.8 Å². The van der Waals surface area contributed by atoms with Crippen molar-refractivity contribution in [2.24, 2.45) is 0 Å². The van der Waals surface area contributed by atoms with Gasteiger partial charge in [0, 0.05) is 37.4 Å². The second kappa shape index (κ2) is 10.2. The maximum atomic E-state index is 12.1. The third kappa shape index (κ3) is 6.17. The Bertz CT molecular complexity index is 816. The van der Waals surface area contributed by atoms with Crippen LogP contribution in [0.4, 0.5) is 5.69 Å². The van der Waals surface area contributed by atoms with E-state index in [1.165, 1.54) is 0 Å². The molecule has 1 saturated heterocycles. The number of piperazine rings is 1. The summed E-state index contributed by atoms with van der Waals surface area (Å²) in [6, 6.07) is 14.8. The van der Waals surface area contributed by atoms with Crippen molar-refractivity contribution >= 4 is 28.8 Å². The summed E-state index contributed by atoms with van der Waals surface area (Å²) in [7, 11) is 2.12. The molecule has 154 valence electrons. The Morgan fingerprint density at radius 1 is 0.966 bits per heavy atom. The van der Waals surface area contributed by atoms with Crippen LogP contribution in [-0.2, 0) is 4.79 Å². The maximum absolute atomic E-state index is 12.1. The molecule has 0 aliphatic carbocycles. The lowest BCUT2D eigenvalue weighted by molar-refractivity contribution is -0.118. The molecule has 3 rings (SSSR count). The van der Waals surface area contributed by atoms with Crippen LogP contribution in [0.15, 0.2) is 48.5 Å². The van der Waals surface area contributed by atoms with E-state index in [4.69, 9.17) is 21.7 Å². The molecule has 0 atom stereocenters. The number of ether oxygens (including phenoxy) is 2. The minimum absolute atomic E-state index is 0.0601. The molecule has 1 aliphatic heterocycles. The van der Waals surface area contributed by atoms with E-state index in [1.54, 1.807) is 12.1 Å². The highest BCUT2D eigenvalue weighted by Gasteiger charge is 2.17. The van der Waals surface area contributed by atoms with E-state index in [1.807, 2.05) is 43.3 Å². The van der Waals surface area contributed by atoms with E-state index in [9.17, 15) is 4.79 Å². The molecule has 0 spiro atoms. The molecule has 2 aromatic carbocycles. The van der Waals surface area contributed by atoms with Gasteiger partial charge in [-0.15, -0.1) is 0 Å². The Morgan fingerprint density at radius 2 is 1.55 bits per heavy atom. The molecular weight excluding hydrogens is 386 g/mol. The Balaban J connectivity index is 1.47. The van der Waals surface area contributed by atoms with Gasteiger partial charge in [0.25, 0.3) is 5.91 Å². The minimum atomic E-state index is -0.216. The summed E-state index contributed by atoms with van der Waals surface area (Å²) in [6.07, 6.45) is 0. The van der Waals surface area contributed by atoms with Gasteiger partial charge in [0.1, 0.15) is 16.5 Å². The predicted octanol–water partition coefficient (Wildman–Crippen LogP) is 3.03. The molecule has 0 aromatic heterocycles. The number of nitrogens with one attached hydrogen (secondary N) is 1. The zero-order chi connectivity index (χ0) is 20.6. The second-order valence-electron chi connectivity index (χ2n) is 6.91. The number of carbonyl (C=O) groups excluding carboxylic acids is 1. The summed E-state index contributed by atoms with van der Waals surface area (Å²) in [4.78, 5) is 17.5. The molecule has 1 aliphatic rings. The number of likely N-dealkylation sites (N-methyl/N-ethyl adjacent to an activating group) is 1. The van der Waals surface area contributed by atoms with Gasteiger partial charge in [0.2, 0.25) is 0 Å². The van der Waals surface area contributed by atoms with Crippen molar-refractivity contribution in [2.75, 3.05) is 51.8 Å². The van der Waals surface area contributed by atoms with Gasteiger partial charge in [-0.3, -0.25) is 4.79 Å². The van der Waals surface area contributed by atoms with Crippen molar-refractivity contribution < 1.29 is 14.3 Å². The van der Waals surface area contributed by atoms with Crippen LogP contribution in [-0.4, -0.2) is 67.1 Å². The number of nitrogens with zero attached hydrogens (tertiary/aromatic N) is 2. The van der Waals surface area contributed by atoms with Crippen LogP contribution in [0.2, 0.25) is 0 Å². The summed E-state index contributed by atoms with van der Waals surface area (Å²) in [5, 5.41) is 2.81. The van der Waals surface area contributed by atoms with Crippen molar-refractivity contribution in [1.82, 2.24) is 9.80 Å². The van der Waals surface area contributed by atoms with Gasteiger partial charge in [0.15, 0.2) is 6.61 Å². The fourth-order valence-electron chi connectivity index (χ4n) is 3.03. The van der Waals surface area contributed by atoms with Crippen LogP contribution in [0.1, 0.15) is 12.5 Å². The lowest BCUT2D eigenvalue weighted by atomic mass is 10.2. The van der Waals surface area contributed by atoms with Gasteiger partial charge in [0.05, 0.1) is 6.61 Å². The van der Waals surface area contributed by atoms with Crippen LogP contribution in [0.3, 0.4) is 0 Å². The third-order valence-corrected chi connectivity index (χ3v) is 5.20. The van der Waals surface area contributed by atoms with Gasteiger partial charge < -0.3 is 24.6 Å². The fraction of sp³-hybridized carbons (Fsp3) is 0.364. The first-order valence-electron chi connectivity index (χ1n) is 9.78. The molecule has 29 heavy (non-hydrogen) atoms. The number of amides is 1. The Kier molecular flexibility index (Phi) is 7.43. The summed E-state index contributed by atoms with van der Waals surface area (Å²) in [5.74, 6) is 1.19. The van der Waals surface area contributed by atoms with E-state index < -0.39 is 0 Å². The van der Waals surface area contributed by atoms with Crippen LogP contribution >= 0.6 is 12.2 Å². The molecule has 0 bridgehead atoms. The largest absolute Gasteiger partial charge is 0.494 e. The molecule has 1 N–H and O–H groups in total. The van der Waals surface area contributed by atoms with Crippen LogP contribution in [0.25, 0.3) is 0 Å². The van der Waals surface area contributed by atoms with Gasteiger partial charge in [-0.1, -0.05) is 12.2 Å². The van der Waals surface area contributed by atoms with Crippen LogP contribution in [0.5, 0.6) is 11.5 Å². The quantitative estimate of drug-likeness (QED) is 0.705. The first kappa shape index (κ1) is 21.1. The first-order valence-corrected chi connectivity index (χ1v) is 10.2. The Labute approximate surface area is 177 Å². The van der Waals surface area contributed by atoms with Crippen molar-refractivity contribution in [3.63, 3.8) is 0 Å². The topological polar surface area (TPSA) is 54.0 Å². The Hall–Kier alpha value is -2.64. The lowest BCUT2D eigenvalue weighted by Gasteiger charge is -2.34. The molecule has 1 heterocycles. The molecule has 0 radical (unpaired) electrons. The average molecular weight is 414 g/mol. The average Bonchev–Trinajstić information content (AvgIpc) is 2.74. The smallest absolute Gasteiger partial charge is 0.262 e. The predicted molar refractivity (Wildman–Crippen MR) is 119 cm³/mol. The van der Waals surface area contributed by atoms with Crippen molar-refractivity contribution in [2.45, 2.75) is 6.92 Å². The lowest BCUT2D eigenvalue weighted by Crippen LogP contribution is -2.46. The normalized spacial score (nSPS) is 14.3. The highest BCUT2D eigenvalue weighted by atomic mass is 32.1. The van der Waals surface area contributed by atoms with Gasteiger partial charge in [-0.25, -0.2) is 0 Å². The highest BCUT2D eigenvalue weighted by molar-refractivity contribution is 7.80. The fourth-order valence-corrected chi connectivity index (χ4v) is 3.35. The number of rotatable bonds is 7. The first-order chi connectivity index (χ1) is 14.0. The molecule has 0 unspecified atom stereocenters. The molecule has 0 saturated carbocycles. The number of hydrogen-bond donors (Lipinski definition) is 1. The van der Waals surface area contributed by atoms with Gasteiger partial charge >= 0.3 is 0 Å². The van der Waals surface area contributed by atoms with E-state index in [2.05, 4.69) is 22.2 Å². The zero-order valence-electron chi connectivity index (χ0n) is 16.9. The molecule has 1 fully saturated rings. The van der Waals surface area contributed by atoms with Crippen molar-refractivity contribution in [3.05, 3.63) is 54.1 Å². The van der Waals surface area contributed by atoms with Crippen molar-refractivity contribution in [1.29, 1.82) is 0 Å². The van der Waals surface area contributed by atoms with Crippen LogP contribution in [0, 0.1) is 0 Å². The third-order valence-electron chi connectivity index (χ3n) is 4.71. The summed E-state index contributed by atoms with van der Waals surface area (Å²) >= 11 is 5.62. The summed E-state index contributed by atoms with van der Waals surface area (Å²) in [6.45, 7) is 6.40. The standard InChI is InChI=1S/C22H27N3O3S/c1-3-27-19-10-6-18(7-11-19)23-21(26)16-28-20-8-4-17(5-9-20)22(29)25-14-12-24(2)13-15-25/h4-11H,3,12-16H2,1-2H3,(H,23,26). The minimum Gasteiger partial charge on any atom is -0.494 e. The summed E-state index contributed by atoms with van der Waals surface area (Å²) < 4.78 is 11.0. The van der Waals surface area contributed by atoms with Gasteiger partial charge in [-0.2, -0.15) is 0 Å². The molecule has 2 aromatic rings. The molecular formula is C22H27N3O3S.